The van der Waals surface area contributed by atoms with E-state index in [-0.39, 0.29) is 12.5 Å². The van der Waals surface area contributed by atoms with Crippen LogP contribution >= 0.6 is 0 Å². The molecule has 0 unspecified atom stereocenters. The highest BCUT2D eigenvalue weighted by Crippen LogP contribution is 2.19. The summed E-state index contributed by atoms with van der Waals surface area (Å²) in [6, 6.07) is 15.7. The Kier molecular flexibility index (Phi) is 4.57. The Labute approximate surface area is 135 Å². The summed E-state index contributed by atoms with van der Waals surface area (Å²) in [5.74, 6) is 0.622. The zero-order chi connectivity index (χ0) is 16.1. The van der Waals surface area contributed by atoms with Gasteiger partial charge in [0, 0.05) is 24.2 Å². The quantitative estimate of drug-likeness (QED) is 0.834. The summed E-state index contributed by atoms with van der Waals surface area (Å²) in [7, 11) is 1.62. The highest BCUT2D eigenvalue weighted by Gasteiger charge is 2.16. The van der Waals surface area contributed by atoms with Crippen LogP contribution < -0.4 is 15.5 Å². The van der Waals surface area contributed by atoms with Crippen LogP contribution in [0.4, 0.5) is 5.69 Å². The molecule has 0 saturated carbocycles. The third-order valence-corrected chi connectivity index (χ3v) is 3.79. The van der Waals surface area contributed by atoms with Crippen molar-refractivity contribution in [1.82, 2.24) is 5.43 Å². The lowest BCUT2D eigenvalue weighted by Gasteiger charge is -2.06. The number of carbonyl (C=O) groups excluding carboxylic acids is 1. The van der Waals surface area contributed by atoms with Crippen molar-refractivity contribution in [3.8, 4) is 5.75 Å². The number of anilines is 1. The molecule has 0 atom stereocenters. The van der Waals surface area contributed by atoms with E-state index in [0.29, 0.717) is 0 Å². The normalized spacial score (nSPS) is 12.5. The van der Waals surface area contributed by atoms with Crippen molar-refractivity contribution in [2.45, 2.75) is 12.8 Å². The Balaban J connectivity index is 1.47. The second-order valence-electron chi connectivity index (χ2n) is 5.42. The first kappa shape index (κ1) is 15.1. The summed E-state index contributed by atoms with van der Waals surface area (Å²) < 4.78 is 5.09. The van der Waals surface area contributed by atoms with Crippen LogP contribution in [-0.4, -0.2) is 25.3 Å². The topological polar surface area (TPSA) is 62.7 Å². The second-order valence-corrected chi connectivity index (χ2v) is 5.42. The standard InChI is InChI=1S/C18H19N3O2/c1-23-17-8-6-15(7-9-17)19-12-18(22)21-20-16-10-13-4-2-3-5-14(13)11-16/h2-9,19H,10-12H2,1H3,(H,21,22). The SMILES string of the molecule is COc1ccc(NCC(=O)NN=C2Cc3ccccc3C2)cc1. The molecule has 118 valence electrons. The predicted octanol–water partition coefficient (Wildman–Crippen LogP) is 2.38. The number of ether oxygens (including phenoxy) is 1. The molecule has 0 aliphatic heterocycles. The number of amides is 1. The van der Waals surface area contributed by atoms with Crippen molar-refractivity contribution in [2.75, 3.05) is 19.0 Å². The minimum atomic E-state index is -0.163. The molecule has 3 rings (SSSR count). The summed E-state index contributed by atoms with van der Waals surface area (Å²) in [6.07, 6.45) is 1.62. The van der Waals surface area contributed by atoms with Crippen molar-refractivity contribution in [3.63, 3.8) is 0 Å². The molecule has 1 aliphatic carbocycles. The van der Waals surface area contributed by atoms with E-state index in [2.05, 4.69) is 28.0 Å². The highest BCUT2D eigenvalue weighted by molar-refractivity contribution is 5.93. The van der Waals surface area contributed by atoms with Gasteiger partial charge in [-0.05, 0) is 35.4 Å². The maximum Gasteiger partial charge on any atom is 0.259 e. The van der Waals surface area contributed by atoms with E-state index in [1.54, 1.807) is 7.11 Å². The maximum absolute atomic E-state index is 11.9. The first-order valence-corrected chi connectivity index (χ1v) is 7.53. The van der Waals surface area contributed by atoms with Gasteiger partial charge in [-0.25, -0.2) is 5.43 Å². The minimum absolute atomic E-state index is 0.163. The number of benzene rings is 2. The highest BCUT2D eigenvalue weighted by atomic mass is 16.5. The van der Waals surface area contributed by atoms with Crippen molar-refractivity contribution in [1.29, 1.82) is 0 Å². The Bertz CT molecular complexity index is 696. The lowest BCUT2D eigenvalue weighted by atomic mass is 10.1. The summed E-state index contributed by atoms with van der Waals surface area (Å²) in [5.41, 5.74) is 7.04. The largest absolute Gasteiger partial charge is 0.497 e. The van der Waals surface area contributed by atoms with Gasteiger partial charge in [0.15, 0.2) is 0 Å². The third kappa shape index (κ3) is 3.88. The van der Waals surface area contributed by atoms with Crippen molar-refractivity contribution < 1.29 is 9.53 Å². The van der Waals surface area contributed by atoms with Crippen LogP contribution in [0.25, 0.3) is 0 Å². The predicted molar refractivity (Wildman–Crippen MR) is 90.9 cm³/mol. The molecular formula is C18H19N3O2. The second kappa shape index (κ2) is 6.96. The molecule has 0 radical (unpaired) electrons. The maximum atomic E-state index is 11.9. The lowest BCUT2D eigenvalue weighted by Crippen LogP contribution is -2.27. The van der Waals surface area contributed by atoms with Crippen molar-refractivity contribution in [2.24, 2.45) is 5.10 Å². The number of hydrazone groups is 1. The van der Waals surface area contributed by atoms with Gasteiger partial charge >= 0.3 is 0 Å². The molecular weight excluding hydrogens is 290 g/mol. The third-order valence-electron chi connectivity index (χ3n) is 3.79. The molecule has 0 aromatic heterocycles. The average molecular weight is 309 g/mol. The number of methoxy groups -OCH3 is 1. The Morgan fingerprint density at radius 2 is 1.74 bits per heavy atom. The van der Waals surface area contributed by atoms with Crippen molar-refractivity contribution >= 4 is 17.3 Å². The number of hydrogen-bond acceptors (Lipinski definition) is 4. The van der Waals surface area contributed by atoms with Gasteiger partial charge in [-0.2, -0.15) is 5.10 Å². The molecule has 0 heterocycles. The number of fused-ring (bicyclic) bond motifs is 1. The first-order chi connectivity index (χ1) is 11.2. The van der Waals surface area contributed by atoms with E-state index in [4.69, 9.17) is 4.74 Å². The summed E-state index contributed by atoms with van der Waals surface area (Å²) >= 11 is 0. The van der Waals surface area contributed by atoms with Gasteiger partial charge in [-0.15, -0.1) is 0 Å². The molecule has 23 heavy (non-hydrogen) atoms. The molecule has 2 aromatic rings. The Morgan fingerprint density at radius 1 is 1.09 bits per heavy atom. The molecule has 5 heteroatoms. The lowest BCUT2D eigenvalue weighted by molar-refractivity contribution is -0.119. The van der Waals surface area contributed by atoms with Gasteiger partial charge in [0.05, 0.1) is 13.7 Å². The Hall–Kier alpha value is -2.82. The Morgan fingerprint density at radius 3 is 2.35 bits per heavy atom. The first-order valence-electron chi connectivity index (χ1n) is 7.53. The van der Waals surface area contributed by atoms with E-state index in [1.807, 2.05) is 36.4 Å². The zero-order valence-electron chi connectivity index (χ0n) is 13.0. The van der Waals surface area contributed by atoms with Crippen LogP contribution in [0, 0.1) is 0 Å². The molecule has 2 aromatic carbocycles. The van der Waals surface area contributed by atoms with E-state index >= 15 is 0 Å². The molecule has 1 amide bonds. The van der Waals surface area contributed by atoms with E-state index in [1.165, 1.54) is 11.1 Å². The fraction of sp³-hybridized carbons (Fsp3) is 0.222. The smallest absolute Gasteiger partial charge is 0.259 e. The van der Waals surface area contributed by atoms with Crippen LogP contribution in [0.2, 0.25) is 0 Å². The average Bonchev–Trinajstić information content (AvgIpc) is 3.01. The molecule has 0 bridgehead atoms. The van der Waals surface area contributed by atoms with Crippen LogP contribution in [0.1, 0.15) is 11.1 Å². The summed E-state index contributed by atoms with van der Waals surface area (Å²) in [4.78, 5) is 11.9. The molecule has 0 spiro atoms. The fourth-order valence-electron chi connectivity index (χ4n) is 2.56. The number of hydrogen-bond donors (Lipinski definition) is 2. The number of carbonyl (C=O) groups is 1. The van der Waals surface area contributed by atoms with Gasteiger partial charge in [0.25, 0.3) is 5.91 Å². The van der Waals surface area contributed by atoms with Crippen LogP contribution in [0.3, 0.4) is 0 Å². The number of nitrogens with one attached hydrogen (secondary N) is 2. The van der Waals surface area contributed by atoms with Gasteiger partial charge in [-0.1, -0.05) is 24.3 Å². The van der Waals surface area contributed by atoms with E-state index < -0.39 is 0 Å². The van der Waals surface area contributed by atoms with Gasteiger partial charge < -0.3 is 10.1 Å². The number of nitrogens with zero attached hydrogens (tertiary/aromatic N) is 1. The zero-order valence-corrected chi connectivity index (χ0v) is 13.0. The van der Waals surface area contributed by atoms with Crippen LogP contribution in [-0.2, 0) is 17.6 Å². The monoisotopic (exact) mass is 309 g/mol. The van der Waals surface area contributed by atoms with Crippen LogP contribution in [0.15, 0.2) is 53.6 Å². The van der Waals surface area contributed by atoms with Gasteiger partial charge in [0.1, 0.15) is 5.75 Å². The molecule has 5 nitrogen and oxygen atoms in total. The minimum Gasteiger partial charge on any atom is -0.497 e. The van der Waals surface area contributed by atoms with E-state index in [9.17, 15) is 4.79 Å². The molecule has 0 fully saturated rings. The van der Waals surface area contributed by atoms with Gasteiger partial charge in [-0.3, -0.25) is 4.79 Å². The molecule has 0 saturated heterocycles. The summed E-state index contributed by atoms with van der Waals surface area (Å²) in [5, 5.41) is 7.29. The summed E-state index contributed by atoms with van der Waals surface area (Å²) in [6.45, 7) is 0.177. The van der Waals surface area contributed by atoms with Gasteiger partial charge in [0.2, 0.25) is 0 Å². The fourth-order valence-corrected chi connectivity index (χ4v) is 2.56. The van der Waals surface area contributed by atoms with Crippen LogP contribution in [0.5, 0.6) is 5.75 Å². The van der Waals surface area contributed by atoms with Crippen molar-refractivity contribution in [3.05, 3.63) is 59.7 Å². The molecule has 2 N–H and O–H groups in total. The number of rotatable bonds is 5. The molecule has 1 aliphatic rings. The van der Waals surface area contributed by atoms with E-state index in [0.717, 1.165) is 30.0 Å².